The Morgan fingerprint density at radius 1 is 0.581 bits per heavy atom. The Kier molecular flexibility index (Phi) is 4.17. The summed E-state index contributed by atoms with van der Waals surface area (Å²) in [6, 6.07) is 22.6. The van der Waals surface area contributed by atoms with Crippen molar-refractivity contribution >= 4 is 28.1 Å². The molecule has 10 heterocycles. The van der Waals surface area contributed by atoms with Crippen LogP contribution in [-0.4, -0.2) is 29.7 Å². The van der Waals surface area contributed by atoms with Crippen LogP contribution in [0.1, 0.15) is 50.5 Å². The van der Waals surface area contributed by atoms with Crippen LogP contribution in [-0.2, 0) is 19.0 Å². The Balaban J connectivity index is 1.45. The molecule has 10 rings (SSSR count). The average Bonchev–Trinajstić information content (AvgIpc) is 3.85. The Morgan fingerprint density at radius 2 is 1.21 bits per heavy atom. The van der Waals surface area contributed by atoms with Gasteiger partial charge in [-0.1, -0.05) is 9.15 Å². The van der Waals surface area contributed by atoms with E-state index >= 15 is 0 Å². The maximum Gasteiger partial charge on any atom is 0.553 e. The zero-order chi connectivity index (χ0) is 28.8. The highest BCUT2D eigenvalue weighted by Gasteiger charge is 2.73. The fourth-order valence-electron chi connectivity index (χ4n) is 8.60. The van der Waals surface area contributed by atoms with Gasteiger partial charge < -0.3 is 0 Å². The highest BCUT2D eigenvalue weighted by Crippen LogP contribution is 2.50. The lowest BCUT2D eigenvalue weighted by atomic mass is 9.97. The van der Waals surface area contributed by atoms with E-state index in [0.29, 0.717) is 0 Å². The van der Waals surface area contributed by atoms with E-state index in [9.17, 15) is 0 Å². The summed E-state index contributed by atoms with van der Waals surface area (Å²) >= 11 is 0. The van der Waals surface area contributed by atoms with Crippen LogP contribution < -0.4 is 19.8 Å². The minimum atomic E-state index is -0.645. The molecule has 0 fully saturated rings. The van der Waals surface area contributed by atoms with Gasteiger partial charge in [0.1, 0.15) is 24.2 Å². The van der Waals surface area contributed by atoms with E-state index in [1.165, 1.54) is 78.6 Å². The quantitative estimate of drug-likeness (QED) is 0.343. The standard InChI is InChI=1S/C37H32N6/c1-5-38-21-9-7-11-29(38)35-31-17-13-25-23(3)27-15-19-33-36(30-12-8-10-22-39(30)6-2)34-20-16-28-24(4)26-14-18-32(35)41(26)37(40(25)31,42(27)33)43(28)34/h7-22H,5-6H2,1-4H3/q+4. The van der Waals surface area contributed by atoms with E-state index in [2.05, 4.69) is 152 Å². The Bertz CT molecular complexity index is 2380. The predicted molar refractivity (Wildman–Crippen MR) is 164 cm³/mol. The monoisotopic (exact) mass is 560 g/mol. The first-order valence-electron chi connectivity index (χ1n) is 15.4. The van der Waals surface area contributed by atoms with Gasteiger partial charge in [0.2, 0.25) is 34.2 Å². The maximum absolute atomic E-state index is 2.63. The van der Waals surface area contributed by atoms with Crippen molar-refractivity contribution in [2.75, 3.05) is 0 Å². The van der Waals surface area contributed by atoms with Crippen LogP contribution in [0.5, 0.6) is 0 Å². The number of hydrogen-bond acceptors (Lipinski definition) is 0. The van der Waals surface area contributed by atoms with Crippen molar-refractivity contribution < 1.29 is 18.3 Å². The summed E-state index contributed by atoms with van der Waals surface area (Å²) in [5, 5.41) is 2.52. The number of allylic oxidation sites excluding steroid dienone is 5. The zero-order valence-corrected chi connectivity index (χ0v) is 24.8. The molecule has 0 saturated heterocycles. The van der Waals surface area contributed by atoms with Gasteiger partial charge in [0.25, 0.3) is 0 Å². The van der Waals surface area contributed by atoms with Crippen molar-refractivity contribution in [1.82, 2.24) is 9.13 Å². The smallest absolute Gasteiger partial charge is 0.198 e. The lowest BCUT2D eigenvalue weighted by Crippen LogP contribution is -2.71. The molecule has 6 aliphatic rings. The summed E-state index contributed by atoms with van der Waals surface area (Å²) in [4.78, 5) is 0. The lowest BCUT2D eigenvalue weighted by molar-refractivity contribution is -0.837. The molecule has 0 amide bonds. The minimum absolute atomic E-state index is 0.645. The summed E-state index contributed by atoms with van der Waals surface area (Å²) in [6.07, 6.45) is 13.8. The fraction of sp³-hybridized carbons (Fsp3) is 0.189. The van der Waals surface area contributed by atoms with Crippen LogP contribution in [0.15, 0.2) is 114 Å². The van der Waals surface area contributed by atoms with E-state index in [-0.39, 0.29) is 0 Å². The third-order valence-electron chi connectivity index (χ3n) is 10.4. The highest BCUT2D eigenvalue weighted by molar-refractivity contribution is 6.27. The SMILES string of the molecule is CC[n+]1ccccc1C1=C2C=CC3=[N+]2C24n5c1ccc5C(C)=c1ccc(n12)=C(c1cccc[n+]1CC)C1=[N+]4C(=C3C)C=C1. The van der Waals surface area contributed by atoms with Gasteiger partial charge in [-0.25, -0.2) is 0 Å². The number of aromatic nitrogens is 4. The van der Waals surface area contributed by atoms with Gasteiger partial charge in [-0.05, 0) is 69.7 Å². The molecule has 6 heteroatoms. The molecule has 6 nitrogen and oxygen atoms in total. The zero-order valence-electron chi connectivity index (χ0n) is 24.8. The van der Waals surface area contributed by atoms with Crippen molar-refractivity contribution in [1.29, 1.82) is 0 Å². The van der Waals surface area contributed by atoms with Crippen LogP contribution in [0.3, 0.4) is 0 Å². The molecule has 0 N–H and O–H groups in total. The Hall–Kier alpha value is -5.10. The van der Waals surface area contributed by atoms with Gasteiger partial charge in [-0.2, -0.15) is 18.3 Å². The van der Waals surface area contributed by atoms with E-state index < -0.39 is 5.91 Å². The summed E-state index contributed by atoms with van der Waals surface area (Å²) < 4.78 is 15.3. The average molecular weight is 561 g/mol. The van der Waals surface area contributed by atoms with Crippen molar-refractivity contribution in [3.8, 4) is 0 Å². The number of nitrogens with zero attached hydrogens (tertiary/aromatic N) is 6. The molecule has 0 radical (unpaired) electrons. The largest absolute Gasteiger partial charge is 0.553 e. The van der Waals surface area contributed by atoms with Crippen molar-refractivity contribution in [3.05, 3.63) is 148 Å². The van der Waals surface area contributed by atoms with Crippen molar-refractivity contribution in [3.63, 3.8) is 0 Å². The lowest BCUT2D eigenvalue weighted by Gasteiger charge is -2.40. The summed E-state index contributed by atoms with van der Waals surface area (Å²) in [7, 11) is 0. The van der Waals surface area contributed by atoms with Crippen LogP contribution >= 0.6 is 0 Å². The first kappa shape index (κ1) is 23.5. The summed E-state index contributed by atoms with van der Waals surface area (Å²) in [6.45, 7) is 10.9. The molecule has 6 aliphatic heterocycles. The minimum Gasteiger partial charge on any atom is -0.198 e. The molecule has 206 valence electrons. The van der Waals surface area contributed by atoms with Crippen molar-refractivity contribution in [2.24, 2.45) is 0 Å². The van der Waals surface area contributed by atoms with Gasteiger partial charge in [-0.3, -0.25) is 0 Å². The third-order valence-corrected chi connectivity index (χ3v) is 10.4. The summed E-state index contributed by atoms with van der Waals surface area (Å²) in [5.74, 6) is -0.645. The molecule has 1 unspecified atom stereocenters. The molecule has 1 spiro atoms. The Labute approximate surface area is 249 Å². The first-order valence-corrected chi connectivity index (χ1v) is 15.4. The highest BCUT2D eigenvalue weighted by atomic mass is 15.6. The van der Waals surface area contributed by atoms with Crippen LogP contribution in [0.25, 0.3) is 16.7 Å². The number of aryl methyl sites for hydroxylation is 2. The first-order chi connectivity index (χ1) is 21.1. The number of rotatable bonds is 4. The van der Waals surface area contributed by atoms with E-state index in [1.807, 2.05) is 0 Å². The predicted octanol–water partition coefficient (Wildman–Crippen LogP) is 2.87. The van der Waals surface area contributed by atoms with E-state index in [1.54, 1.807) is 0 Å². The molecule has 43 heavy (non-hydrogen) atoms. The second kappa shape index (κ2) is 7.64. The third kappa shape index (κ3) is 2.40. The van der Waals surface area contributed by atoms with Crippen LogP contribution in [0.4, 0.5) is 0 Å². The van der Waals surface area contributed by atoms with Gasteiger partial charge in [0.05, 0.1) is 27.7 Å². The second-order valence-corrected chi connectivity index (χ2v) is 12.1. The molecule has 0 aliphatic carbocycles. The van der Waals surface area contributed by atoms with Crippen LogP contribution in [0, 0.1) is 0 Å². The molecular weight excluding hydrogens is 528 g/mol. The normalized spacial score (nSPS) is 21.6. The van der Waals surface area contributed by atoms with Crippen molar-refractivity contribution in [2.45, 2.75) is 46.7 Å². The molecule has 4 aromatic rings. The molecular formula is C37H32N6+4. The van der Waals surface area contributed by atoms with Gasteiger partial charge in [0, 0.05) is 48.6 Å². The molecule has 0 saturated carbocycles. The second-order valence-electron chi connectivity index (χ2n) is 12.1. The number of pyridine rings is 2. The van der Waals surface area contributed by atoms with Gasteiger partial charge in [-0.15, -0.1) is 0 Å². The van der Waals surface area contributed by atoms with Crippen LogP contribution in [0.2, 0.25) is 0 Å². The molecule has 4 aromatic heterocycles. The number of hydrogen-bond donors (Lipinski definition) is 0. The molecule has 0 bridgehead atoms. The molecule has 0 aromatic carbocycles. The van der Waals surface area contributed by atoms with E-state index in [4.69, 9.17) is 0 Å². The maximum atomic E-state index is 2.63. The van der Waals surface area contributed by atoms with Gasteiger partial charge >= 0.3 is 5.91 Å². The van der Waals surface area contributed by atoms with Gasteiger partial charge in [0.15, 0.2) is 12.4 Å². The Morgan fingerprint density at radius 3 is 1.95 bits per heavy atom. The topological polar surface area (TPSA) is 23.6 Å². The van der Waals surface area contributed by atoms with E-state index in [0.717, 1.165) is 13.1 Å². The fourth-order valence-corrected chi connectivity index (χ4v) is 8.60. The molecule has 1 atom stereocenters. The summed E-state index contributed by atoms with van der Waals surface area (Å²) in [5.41, 5.74) is 15.2.